The van der Waals surface area contributed by atoms with Crippen LogP contribution in [0.3, 0.4) is 0 Å². The Morgan fingerprint density at radius 3 is 2.79 bits per heavy atom. The molecule has 1 aromatic carbocycles. The number of ether oxygens (including phenoxy) is 1. The summed E-state index contributed by atoms with van der Waals surface area (Å²) in [5.74, 6) is 0.922. The van der Waals surface area contributed by atoms with Gasteiger partial charge in [-0.3, -0.25) is 0 Å². The number of nitrogens with two attached hydrogens (primary N) is 1. The third-order valence-corrected chi connectivity index (χ3v) is 3.90. The lowest BCUT2D eigenvalue weighted by Gasteiger charge is -2.37. The minimum atomic E-state index is -0.0879. The maximum atomic E-state index is 5.98. The van der Waals surface area contributed by atoms with Crippen LogP contribution in [0.25, 0.3) is 10.8 Å². The molecule has 1 aliphatic rings. The lowest BCUT2D eigenvalue weighted by molar-refractivity contribution is 0.0627. The molecule has 0 atom stereocenters. The molecule has 1 aliphatic heterocycles. The number of anilines is 1. The van der Waals surface area contributed by atoms with Crippen LogP contribution in [0.1, 0.15) is 12.8 Å². The molecule has 0 unspecified atom stereocenters. The highest BCUT2D eigenvalue weighted by Crippen LogP contribution is 2.28. The van der Waals surface area contributed by atoms with Crippen molar-refractivity contribution in [2.75, 3.05) is 25.1 Å². The molecule has 2 aromatic rings. The first-order valence-corrected chi connectivity index (χ1v) is 6.73. The second-order valence-corrected chi connectivity index (χ2v) is 5.10. The molecule has 3 rings (SSSR count). The zero-order chi connectivity index (χ0) is 13.1. The van der Waals surface area contributed by atoms with E-state index >= 15 is 0 Å². The molecular weight excluding hydrogens is 238 g/mol. The summed E-state index contributed by atoms with van der Waals surface area (Å²) in [6.07, 6.45) is 3.69. The van der Waals surface area contributed by atoms with Gasteiger partial charge in [-0.25, -0.2) is 4.98 Å². The maximum absolute atomic E-state index is 5.98. The van der Waals surface area contributed by atoms with Crippen LogP contribution >= 0.6 is 0 Å². The average Bonchev–Trinajstić information content (AvgIpc) is 2.49. The van der Waals surface area contributed by atoms with Gasteiger partial charge < -0.3 is 15.8 Å². The fourth-order valence-electron chi connectivity index (χ4n) is 2.61. The molecule has 1 fully saturated rings. The summed E-state index contributed by atoms with van der Waals surface area (Å²) in [7, 11) is 0. The molecule has 1 aromatic heterocycles. The van der Waals surface area contributed by atoms with Crippen LogP contribution in [0.15, 0.2) is 36.5 Å². The zero-order valence-electron chi connectivity index (χ0n) is 10.9. The summed E-state index contributed by atoms with van der Waals surface area (Å²) < 4.78 is 5.44. The first-order chi connectivity index (χ1) is 9.33. The zero-order valence-corrected chi connectivity index (χ0v) is 10.9. The summed E-state index contributed by atoms with van der Waals surface area (Å²) in [6, 6.07) is 10.3. The first-order valence-electron chi connectivity index (χ1n) is 6.73. The van der Waals surface area contributed by atoms with Crippen LogP contribution in [-0.2, 0) is 4.74 Å². The van der Waals surface area contributed by atoms with Crippen molar-refractivity contribution in [2.24, 2.45) is 5.73 Å². The van der Waals surface area contributed by atoms with Crippen molar-refractivity contribution >= 4 is 16.6 Å². The molecule has 4 heteroatoms. The van der Waals surface area contributed by atoms with Crippen LogP contribution in [0, 0.1) is 0 Å². The van der Waals surface area contributed by atoms with Crippen molar-refractivity contribution in [1.82, 2.24) is 4.98 Å². The number of nitrogens with one attached hydrogen (secondary N) is 1. The Morgan fingerprint density at radius 1 is 1.21 bits per heavy atom. The Morgan fingerprint density at radius 2 is 2.00 bits per heavy atom. The van der Waals surface area contributed by atoms with E-state index in [0.717, 1.165) is 37.3 Å². The van der Waals surface area contributed by atoms with Gasteiger partial charge in [0.25, 0.3) is 0 Å². The molecule has 0 amide bonds. The van der Waals surface area contributed by atoms with Crippen molar-refractivity contribution in [1.29, 1.82) is 0 Å². The quantitative estimate of drug-likeness (QED) is 0.884. The van der Waals surface area contributed by atoms with Gasteiger partial charge in [0.05, 0.1) is 5.54 Å². The van der Waals surface area contributed by atoms with Gasteiger partial charge in [-0.2, -0.15) is 0 Å². The van der Waals surface area contributed by atoms with Crippen molar-refractivity contribution in [3.05, 3.63) is 36.5 Å². The van der Waals surface area contributed by atoms with Gasteiger partial charge >= 0.3 is 0 Å². The Hall–Kier alpha value is -1.65. The van der Waals surface area contributed by atoms with E-state index in [-0.39, 0.29) is 5.54 Å². The van der Waals surface area contributed by atoms with Crippen molar-refractivity contribution < 1.29 is 4.74 Å². The molecule has 1 saturated heterocycles. The Kier molecular flexibility index (Phi) is 3.36. The minimum absolute atomic E-state index is 0.0879. The fourth-order valence-corrected chi connectivity index (χ4v) is 2.61. The molecule has 2 heterocycles. The summed E-state index contributed by atoms with van der Waals surface area (Å²) in [4.78, 5) is 4.49. The minimum Gasteiger partial charge on any atom is -0.381 e. The number of aromatic nitrogens is 1. The Balaban J connectivity index is 1.96. The van der Waals surface area contributed by atoms with E-state index in [2.05, 4.69) is 22.4 Å². The Labute approximate surface area is 113 Å². The van der Waals surface area contributed by atoms with Crippen LogP contribution in [-0.4, -0.2) is 30.3 Å². The van der Waals surface area contributed by atoms with Gasteiger partial charge in [-0.1, -0.05) is 24.3 Å². The molecule has 3 N–H and O–H groups in total. The number of fused-ring (bicyclic) bond motifs is 1. The van der Waals surface area contributed by atoms with Crippen molar-refractivity contribution in [3.8, 4) is 0 Å². The fraction of sp³-hybridized carbons (Fsp3) is 0.400. The standard InChI is InChI=1S/C15H19N3O/c16-11-15(6-9-19-10-7-15)18-14-13-4-2-1-3-12(13)5-8-17-14/h1-5,8H,6-7,9-11,16H2,(H,17,18). The largest absolute Gasteiger partial charge is 0.381 e. The van der Waals surface area contributed by atoms with Crippen LogP contribution < -0.4 is 11.1 Å². The number of nitrogens with zero attached hydrogens (tertiary/aromatic N) is 1. The summed E-state index contributed by atoms with van der Waals surface area (Å²) in [5.41, 5.74) is 5.90. The van der Waals surface area contributed by atoms with Gasteiger partial charge in [-0.05, 0) is 24.3 Å². The number of pyridine rings is 1. The highest BCUT2D eigenvalue weighted by atomic mass is 16.5. The van der Waals surface area contributed by atoms with Crippen LogP contribution in [0.2, 0.25) is 0 Å². The van der Waals surface area contributed by atoms with Crippen molar-refractivity contribution in [2.45, 2.75) is 18.4 Å². The normalized spacial score (nSPS) is 18.4. The number of hydrogen-bond donors (Lipinski definition) is 2. The van der Waals surface area contributed by atoms with E-state index in [1.165, 1.54) is 5.39 Å². The smallest absolute Gasteiger partial charge is 0.134 e. The second-order valence-electron chi connectivity index (χ2n) is 5.10. The highest BCUT2D eigenvalue weighted by Gasteiger charge is 2.31. The number of benzene rings is 1. The summed E-state index contributed by atoms with van der Waals surface area (Å²) >= 11 is 0. The second kappa shape index (κ2) is 5.15. The lowest BCUT2D eigenvalue weighted by Crippen LogP contribution is -2.49. The SMILES string of the molecule is NCC1(Nc2nccc3ccccc23)CCOCC1. The Bertz CT molecular complexity index is 559. The third-order valence-electron chi connectivity index (χ3n) is 3.90. The van der Waals surface area contributed by atoms with E-state index in [9.17, 15) is 0 Å². The summed E-state index contributed by atoms with van der Waals surface area (Å²) in [6.45, 7) is 2.12. The van der Waals surface area contributed by atoms with Gasteiger partial charge in [0, 0.05) is 31.3 Å². The average molecular weight is 257 g/mol. The van der Waals surface area contributed by atoms with E-state index < -0.39 is 0 Å². The molecule has 0 spiro atoms. The maximum Gasteiger partial charge on any atom is 0.134 e. The topological polar surface area (TPSA) is 60.2 Å². The van der Waals surface area contributed by atoms with Crippen LogP contribution in [0.4, 0.5) is 5.82 Å². The molecule has 0 radical (unpaired) electrons. The molecule has 4 nitrogen and oxygen atoms in total. The molecule has 0 bridgehead atoms. The number of hydrogen-bond acceptors (Lipinski definition) is 4. The van der Waals surface area contributed by atoms with E-state index in [0.29, 0.717) is 6.54 Å². The molecular formula is C15H19N3O. The van der Waals surface area contributed by atoms with Gasteiger partial charge in [0.1, 0.15) is 5.82 Å². The van der Waals surface area contributed by atoms with Gasteiger partial charge in [0.2, 0.25) is 0 Å². The number of rotatable bonds is 3. The summed E-state index contributed by atoms with van der Waals surface area (Å²) in [5, 5.41) is 5.91. The first kappa shape index (κ1) is 12.4. The third kappa shape index (κ3) is 2.41. The van der Waals surface area contributed by atoms with E-state index in [1.54, 1.807) is 0 Å². The molecule has 0 aliphatic carbocycles. The van der Waals surface area contributed by atoms with Gasteiger partial charge in [-0.15, -0.1) is 0 Å². The predicted octanol–water partition coefficient (Wildman–Crippen LogP) is 2.15. The monoisotopic (exact) mass is 257 g/mol. The van der Waals surface area contributed by atoms with Crippen molar-refractivity contribution in [3.63, 3.8) is 0 Å². The van der Waals surface area contributed by atoms with Gasteiger partial charge in [0.15, 0.2) is 0 Å². The highest BCUT2D eigenvalue weighted by molar-refractivity contribution is 5.91. The van der Waals surface area contributed by atoms with Crippen LogP contribution in [0.5, 0.6) is 0 Å². The molecule has 19 heavy (non-hydrogen) atoms. The predicted molar refractivity (Wildman–Crippen MR) is 77.2 cm³/mol. The lowest BCUT2D eigenvalue weighted by atomic mass is 9.90. The van der Waals surface area contributed by atoms with E-state index in [4.69, 9.17) is 10.5 Å². The van der Waals surface area contributed by atoms with E-state index in [1.807, 2.05) is 24.4 Å². The molecule has 0 saturated carbocycles. The molecule has 100 valence electrons.